The van der Waals surface area contributed by atoms with Crippen LogP contribution in [0, 0.1) is 0 Å². The van der Waals surface area contributed by atoms with Crippen molar-refractivity contribution in [2.24, 2.45) is 0 Å². The highest BCUT2D eigenvalue weighted by Gasteiger charge is 2.04. The van der Waals surface area contributed by atoms with E-state index in [4.69, 9.17) is 0 Å². The quantitative estimate of drug-likeness (QED) is 0.681. The highest BCUT2D eigenvalue weighted by atomic mass is 35.5. The van der Waals surface area contributed by atoms with Crippen LogP contribution in [0.3, 0.4) is 0 Å². The molecule has 0 fully saturated rings. The zero-order valence-electron chi connectivity index (χ0n) is 9.72. The van der Waals surface area contributed by atoms with Gasteiger partial charge in [-0.2, -0.15) is 5.01 Å². The molecule has 2 rings (SSSR count). The second-order valence-corrected chi connectivity index (χ2v) is 3.96. The zero-order valence-corrected chi connectivity index (χ0v) is 10.5. The van der Waals surface area contributed by atoms with Gasteiger partial charge in [0, 0.05) is 0 Å². The number of hydrogen-bond acceptors (Lipinski definition) is 1. The molecular weight excluding hydrogens is 232 g/mol. The molecule has 0 amide bonds. The van der Waals surface area contributed by atoms with E-state index in [9.17, 15) is 0 Å². The van der Waals surface area contributed by atoms with Gasteiger partial charge in [-0.05, 0) is 11.1 Å². The Labute approximate surface area is 108 Å². The predicted octanol–water partition coefficient (Wildman–Crippen LogP) is -1.15. The number of hydrogen-bond donors (Lipinski definition) is 1. The topological polar surface area (TPSA) is 30.9 Å². The fourth-order valence-electron chi connectivity index (χ4n) is 1.74. The summed E-state index contributed by atoms with van der Waals surface area (Å²) in [6, 6.07) is 20.8. The lowest BCUT2D eigenvalue weighted by molar-refractivity contribution is -0.584. The first-order valence-electron chi connectivity index (χ1n) is 5.48. The first-order valence-corrected chi connectivity index (χ1v) is 5.48. The molecule has 2 aromatic carbocycles. The lowest BCUT2D eigenvalue weighted by Crippen LogP contribution is -3.00. The Morgan fingerprint density at radius 1 is 0.706 bits per heavy atom. The first kappa shape index (κ1) is 13.7. The van der Waals surface area contributed by atoms with Crippen LogP contribution in [0.25, 0.3) is 0 Å². The van der Waals surface area contributed by atoms with E-state index in [1.807, 2.05) is 12.1 Å². The van der Waals surface area contributed by atoms with Gasteiger partial charge < -0.3 is 12.4 Å². The third kappa shape index (κ3) is 4.57. The molecule has 0 radical (unpaired) electrons. The van der Waals surface area contributed by atoms with Crippen molar-refractivity contribution in [2.75, 3.05) is 0 Å². The standard InChI is InChI=1S/C14H16N2.ClH/c15-16(11-13-7-3-1-4-8-13)12-14-9-5-2-6-10-14;/h1-10H,11-12,15H2;1H. The van der Waals surface area contributed by atoms with Gasteiger partial charge in [0.2, 0.25) is 0 Å². The first-order chi connectivity index (χ1) is 7.84. The second kappa shape index (κ2) is 7.07. The summed E-state index contributed by atoms with van der Waals surface area (Å²) in [5.74, 6) is 4.06. The van der Waals surface area contributed by atoms with Gasteiger partial charge >= 0.3 is 0 Å². The van der Waals surface area contributed by atoms with Gasteiger partial charge in [-0.15, -0.1) is 0 Å². The number of benzene rings is 2. The summed E-state index contributed by atoms with van der Waals surface area (Å²) in [4.78, 5) is 0. The van der Waals surface area contributed by atoms with Crippen molar-refractivity contribution in [1.82, 2.24) is 5.01 Å². The Morgan fingerprint density at radius 2 is 1.06 bits per heavy atom. The van der Waals surface area contributed by atoms with Gasteiger partial charge in [0.05, 0.1) is 13.1 Å². The van der Waals surface area contributed by atoms with Crippen molar-refractivity contribution in [2.45, 2.75) is 13.1 Å². The highest BCUT2D eigenvalue weighted by molar-refractivity contribution is 5.16. The molecule has 17 heavy (non-hydrogen) atoms. The van der Waals surface area contributed by atoms with Crippen LogP contribution in [0.5, 0.6) is 0 Å². The van der Waals surface area contributed by atoms with Gasteiger partial charge in [0.1, 0.15) is 0 Å². The maximum absolute atomic E-state index is 4.06. The smallest absolute Gasteiger partial charge is 0.0727 e. The van der Waals surface area contributed by atoms with Crippen LogP contribution in [0.2, 0.25) is 0 Å². The van der Waals surface area contributed by atoms with Gasteiger partial charge in [-0.25, -0.2) is 0 Å². The van der Waals surface area contributed by atoms with Crippen molar-refractivity contribution >= 4 is 0 Å². The summed E-state index contributed by atoms with van der Waals surface area (Å²) in [6.45, 7) is 1.77. The van der Waals surface area contributed by atoms with Crippen LogP contribution in [-0.4, -0.2) is 5.01 Å². The Kier molecular flexibility index (Phi) is 5.70. The Bertz CT molecular complexity index is 375. The lowest BCUT2D eigenvalue weighted by Gasteiger charge is -2.12. The number of quaternary nitrogens is 1. The molecule has 3 N–H and O–H groups in total. The molecule has 3 heteroatoms. The van der Waals surface area contributed by atoms with Crippen molar-refractivity contribution in [1.29, 1.82) is 0 Å². The molecule has 2 aromatic rings. The molecule has 0 aliphatic carbocycles. The summed E-state index contributed by atoms with van der Waals surface area (Å²) >= 11 is 0. The molecule has 0 spiro atoms. The van der Waals surface area contributed by atoms with E-state index in [1.165, 1.54) is 11.1 Å². The summed E-state index contributed by atoms with van der Waals surface area (Å²) in [7, 11) is 0. The maximum atomic E-state index is 4.06. The van der Waals surface area contributed by atoms with Crippen molar-refractivity contribution in [3.63, 3.8) is 0 Å². The normalized spacial score (nSPS) is 10.0. The van der Waals surface area contributed by atoms with Crippen LogP contribution < -0.4 is 18.2 Å². The molecule has 0 aromatic heterocycles. The fourth-order valence-corrected chi connectivity index (χ4v) is 1.74. The number of halogens is 1. The minimum absolute atomic E-state index is 0. The van der Waals surface area contributed by atoms with Gasteiger partial charge in [0.25, 0.3) is 0 Å². The minimum atomic E-state index is 0. The molecule has 90 valence electrons. The molecule has 0 bridgehead atoms. The van der Waals surface area contributed by atoms with E-state index in [2.05, 4.69) is 59.4 Å². The summed E-state index contributed by atoms with van der Waals surface area (Å²) in [6.07, 6.45) is 0. The Balaban J connectivity index is 0.00000144. The Hall–Kier alpha value is -1.35. The molecule has 0 unspecified atom stereocenters. The third-order valence-corrected chi connectivity index (χ3v) is 2.50. The fraction of sp³-hybridized carbons (Fsp3) is 0.143. The highest BCUT2D eigenvalue weighted by Crippen LogP contribution is 2.05. The monoisotopic (exact) mass is 248 g/mol. The molecule has 0 aliphatic rings. The number of nitrogens with zero attached hydrogens (tertiary/aromatic N) is 1. The molecule has 0 atom stereocenters. The van der Waals surface area contributed by atoms with Crippen LogP contribution in [0.15, 0.2) is 60.7 Å². The van der Waals surface area contributed by atoms with E-state index in [-0.39, 0.29) is 12.4 Å². The largest absolute Gasteiger partial charge is 1.00 e. The summed E-state index contributed by atoms with van der Waals surface area (Å²) < 4.78 is 0. The molecule has 0 aliphatic heterocycles. The van der Waals surface area contributed by atoms with Crippen molar-refractivity contribution < 1.29 is 18.2 Å². The second-order valence-electron chi connectivity index (χ2n) is 3.96. The Morgan fingerprint density at radius 3 is 1.41 bits per heavy atom. The zero-order chi connectivity index (χ0) is 11.2. The van der Waals surface area contributed by atoms with Crippen molar-refractivity contribution in [3.05, 3.63) is 71.8 Å². The van der Waals surface area contributed by atoms with E-state index in [1.54, 1.807) is 0 Å². The van der Waals surface area contributed by atoms with Crippen LogP contribution >= 0.6 is 0 Å². The van der Waals surface area contributed by atoms with Crippen molar-refractivity contribution in [3.8, 4) is 0 Å². The van der Waals surface area contributed by atoms with Crippen LogP contribution in [0.1, 0.15) is 11.1 Å². The van der Waals surface area contributed by atoms with Crippen LogP contribution in [0.4, 0.5) is 0 Å². The van der Waals surface area contributed by atoms with Gasteiger partial charge in [0.15, 0.2) is 0 Å². The summed E-state index contributed by atoms with van der Waals surface area (Å²) in [5.41, 5.74) is 2.60. The van der Waals surface area contributed by atoms with E-state index in [0.29, 0.717) is 0 Å². The third-order valence-electron chi connectivity index (χ3n) is 2.50. The number of rotatable bonds is 4. The lowest BCUT2D eigenvalue weighted by atomic mass is 10.2. The van der Waals surface area contributed by atoms with E-state index in [0.717, 1.165) is 13.1 Å². The van der Waals surface area contributed by atoms with E-state index < -0.39 is 0 Å². The average Bonchev–Trinajstić information content (AvgIpc) is 2.31. The van der Waals surface area contributed by atoms with Gasteiger partial charge in [-0.3, -0.25) is 5.84 Å². The maximum Gasteiger partial charge on any atom is 0.0727 e. The summed E-state index contributed by atoms with van der Waals surface area (Å²) in [5, 5.41) is 2.07. The SMILES string of the molecule is [Cl-].[NH3+]N(Cc1ccccc1)Cc1ccccc1. The van der Waals surface area contributed by atoms with Gasteiger partial charge in [-0.1, -0.05) is 60.7 Å². The molecule has 0 saturated carbocycles. The van der Waals surface area contributed by atoms with Crippen LogP contribution in [-0.2, 0) is 13.1 Å². The van der Waals surface area contributed by atoms with E-state index >= 15 is 0 Å². The average molecular weight is 249 g/mol. The predicted molar refractivity (Wildman–Crippen MR) is 65.0 cm³/mol. The molecule has 0 heterocycles. The molecule has 0 saturated heterocycles. The molecular formula is C14H17ClN2. The minimum Gasteiger partial charge on any atom is -1.00 e. The molecule has 2 nitrogen and oxygen atoms in total.